The number of carbonyl (C=O) groups is 3. The van der Waals surface area contributed by atoms with Gasteiger partial charge in [0.15, 0.2) is 0 Å². The number of esters is 2. The van der Waals surface area contributed by atoms with Crippen molar-refractivity contribution in [2.75, 3.05) is 60.2 Å². The lowest BCUT2D eigenvalue weighted by Crippen LogP contribution is -2.52. The number of carbonyl (C=O) groups excluding carboxylic acids is 3. The van der Waals surface area contributed by atoms with E-state index >= 15 is 0 Å². The Morgan fingerprint density at radius 1 is 1.00 bits per heavy atom. The molecule has 11 heteroatoms. The highest BCUT2D eigenvalue weighted by Crippen LogP contribution is 2.36. The van der Waals surface area contributed by atoms with E-state index in [0.717, 1.165) is 38.8 Å². The molecule has 0 bridgehead atoms. The van der Waals surface area contributed by atoms with Crippen molar-refractivity contribution in [2.45, 2.75) is 64.2 Å². The first-order chi connectivity index (χ1) is 21.0. The van der Waals surface area contributed by atoms with Gasteiger partial charge in [-0.05, 0) is 45.6 Å². The van der Waals surface area contributed by atoms with Gasteiger partial charge in [-0.2, -0.15) is 0 Å². The second kappa shape index (κ2) is 16.5. The summed E-state index contributed by atoms with van der Waals surface area (Å²) in [6.45, 7) is 17.3. The molecule has 2 aliphatic rings. The Morgan fingerprint density at radius 3 is 2.25 bits per heavy atom. The minimum Gasteiger partial charge on any atom is -0.490 e. The number of ether oxygens (including phenoxy) is 6. The molecule has 44 heavy (non-hydrogen) atoms. The normalized spacial score (nSPS) is 18.6. The van der Waals surface area contributed by atoms with Crippen molar-refractivity contribution in [2.24, 2.45) is 5.92 Å². The van der Waals surface area contributed by atoms with Gasteiger partial charge in [-0.15, -0.1) is 6.58 Å². The summed E-state index contributed by atoms with van der Waals surface area (Å²) in [4.78, 5) is 41.9. The van der Waals surface area contributed by atoms with Crippen molar-refractivity contribution < 1.29 is 42.8 Å². The molecular weight excluding hydrogens is 568 g/mol. The molecule has 1 saturated carbocycles. The monoisotopic (exact) mass is 616 g/mol. The van der Waals surface area contributed by atoms with E-state index in [1.807, 2.05) is 20.8 Å². The summed E-state index contributed by atoms with van der Waals surface area (Å²) < 4.78 is 33.0. The zero-order valence-electron chi connectivity index (χ0n) is 26.8. The van der Waals surface area contributed by atoms with Crippen LogP contribution in [0.1, 0.15) is 67.2 Å². The minimum absolute atomic E-state index is 0.00510. The van der Waals surface area contributed by atoms with Gasteiger partial charge in [0, 0.05) is 51.1 Å². The van der Waals surface area contributed by atoms with E-state index in [2.05, 4.69) is 18.1 Å². The summed E-state index contributed by atoms with van der Waals surface area (Å²) in [6, 6.07) is 3.38. The molecule has 1 aromatic rings. The third-order valence-corrected chi connectivity index (χ3v) is 7.63. The molecule has 3 rings (SSSR count). The van der Waals surface area contributed by atoms with E-state index in [9.17, 15) is 14.4 Å². The Morgan fingerprint density at radius 2 is 1.66 bits per heavy atom. The highest BCUT2D eigenvalue weighted by Gasteiger charge is 2.37. The number of benzene rings is 1. The van der Waals surface area contributed by atoms with Crippen LogP contribution in [-0.4, -0.2) is 106 Å². The van der Waals surface area contributed by atoms with Crippen molar-refractivity contribution in [1.29, 1.82) is 0 Å². The topological polar surface area (TPSA) is 113 Å². The van der Waals surface area contributed by atoms with E-state index in [1.54, 1.807) is 17.0 Å². The zero-order valence-corrected chi connectivity index (χ0v) is 26.8. The highest BCUT2D eigenvalue weighted by molar-refractivity contribution is 6.05. The zero-order chi connectivity index (χ0) is 32.3. The van der Waals surface area contributed by atoms with Crippen molar-refractivity contribution in [3.63, 3.8) is 0 Å². The largest absolute Gasteiger partial charge is 0.490 e. The van der Waals surface area contributed by atoms with E-state index in [1.165, 1.54) is 26.4 Å². The maximum absolute atomic E-state index is 12.6. The number of hydrogen-bond donors (Lipinski definition) is 0. The predicted molar refractivity (Wildman–Crippen MR) is 165 cm³/mol. The van der Waals surface area contributed by atoms with Crippen molar-refractivity contribution >= 4 is 18.0 Å². The first kappa shape index (κ1) is 34.9. The number of hydrogen-bond acceptors (Lipinski definition) is 10. The Labute approximate surface area is 261 Å². The first-order valence-electron chi connectivity index (χ1n) is 15.1. The predicted octanol–water partition coefficient (Wildman–Crippen LogP) is 4.89. The number of nitrogens with zero attached hydrogens (tertiary/aromatic N) is 2. The van der Waals surface area contributed by atoms with Gasteiger partial charge in [-0.3, -0.25) is 4.90 Å². The molecule has 11 nitrogen and oxygen atoms in total. The SMILES string of the molecule is C=CCOCCN(CC1CCN(C(=O)OC(C)(C)C)CC1)[C@H]1C[C@H](Oc2cc(OCC=C)c(C(=O)OC)c(C(=O)OC)c2)C1. The molecule has 1 aromatic carbocycles. The third-order valence-electron chi connectivity index (χ3n) is 7.63. The molecule has 1 heterocycles. The molecular formula is C33H48N2O9. The average Bonchev–Trinajstić information content (AvgIpc) is 2.97. The molecule has 0 unspecified atom stereocenters. The average molecular weight is 617 g/mol. The quantitative estimate of drug-likeness (QED) is 0.117. The van der Waals surface area contributed by atoms with Gasteiger partial charge in [-0.25, -0.2) is 14.4 Å². The van der Waals surface area contributed by atoms with Gasteiger partial charge in [0.2, 0.25) is 0 Å². The smallest absolute Gasteiger partial charge is 0.410 e. The molecule has 0 N–H and O–H groups in total. The summed E-state index contributed by atoms with van der Waals surface area (Å²) >= 11 is 0. The van der Waals surface area contributed by atoms with Gasteiger partial charge in [0.05, 0.1) is 33.0 Å². The molecule has 0 radical (unpaired) electrons. The Bertz CT molecular complexity index is 1150. The van der Waals surface area contributed by atoms with Gasteiger partial charge in [-0.1, -0.05) is 18.7 Å². The Hall–Kier alpha value is -3.57. The van der Waals surface area contributed by atoms with Crippen LogP contribution in [0.4, 0.5) is 4.79 Å². The number of rotatable bonds is 15. The van der Waals surface area contributed by atoms with Crippen LogP contribution < -0.4 is 9.47 Å². The molecule has 0 aromatic heterocycles. The summed E-state index contributed by atoms with van der Waals surface area (Å²) in [5.41, 5.74) is -0.530. The molecule has 2 fully saturated rings. The van der Waals surface area contributed by atoms with Crippen LogP contribution >= 0.6 is 0 Å². The van der Waals surface area contributed by atoms with E-state index in [0.29, 0.717) is 44.0 Å². The van der Waals surface area contributed by atoms with Gasteiger partial charge in [0.25, 0.3) is 0 Å². The highest BCUT2D eigenvalue weighted by atomic mass is 16.6. The van der Waals surface area contributed by atoms with Crippen LogP contribution in [0, 0.1) is 5.92 Å². The number of piperidine rings is 1. The molecule has 1 amide bonds. The fourth-order valence-electron chi connectivity index (χ4n) is 5.36. The van der Waals surface area contributed by atoms with Gasteiger partial charge < -0.3 is 33.3 Å². The molecule has 1 aliphatic carbocycles. The maximum Gasteiger partial charge on any atom is 0.410 e. The Balaban J connectivity index is 1.66. The third kappa shape index (κ3) is 9.99. The molecule has 1 aliphatic heterocycles. The van der Waals surface area contributed by atoms with Crippen molar-refractivity contribution in [3.05, 3.63) is 48.6 Å². The number of amides is 1. The lowest BCUT2D eigenvalue weighted by molar-refractivity contribution is -0.0109. The lowest BCUT2D eigenvalue weighted by atomic mass is 9.86. The second-order valence-corrected chi connectivity index (χ2v) is 12.1. The maximum atomic E-state index is 12.6. The van der Waals surface area contributed by atoms with Crippen LogP contribution in [0.3, 0.4) is 0 Å². The van der Waals surface area contributed by atoms with Crippen molar-refractivity contribution in [3.8, 4) is 11.5 Å². The van der Waals surface area contributed by atoms with E-state index in [-0.39, 0.29) is 35.7 Å². The molecule has 0 atom stereocenters. The van der Waals surface area contributed by atoms with Crippen LogP contribution in [0.15, 0.2) is 37.4 Å². The fraction of sp³-hybridized carbons (Fsp3) is 0.606. The minimum atomic E-state index is -0.717. The summed E-state index contributed by atoms with van der Waals surface area (Å²) in [7, 11) is 2.48. The summed E-state index contributed by atoms with van der Waals surface area (Å²) in [5.74, 6) is -0.411. The fourth-order valence-corrected chi connectivity index (χ4v) is 5.36. The summed E-state index contributed by atoms with van der Waals surface area (Å²) in [6.07, 6.45) is 6.33. The van der Waals surface area contributed by atoms with Gasteiger partial charge >= 0.3 is 18.0 Å². The van der Waals surface area contributed by atoms with Crippen LogP contribution in [0.5, 0.6) is 11.5 Å². The number of methoxy groups -OCH3 is 2. The lowest BCUT2D eigenvalue weighted by Gasteiger charge is -2.45. The van der Waals surface area contributed by atoms with Crippen LogP contribution in [0.25, 0.3) is 0 Å². The second-order valence-electron chi connectivity index (χ2n) is 12.1. The molecule has 244 valence electrons. The standard InChI is InChI=1S/C33H48N2O9/c1-8-15-41-17-14-35(22-23-10-12-34(13-11-23)32(38)44-33(3,4)5)24-18-25(19-24)43-26-20-27(30(36)39-6)29(31(37)40-7)28(21-26)42-16-9-2/h8-9,20-21,23-25H,1-2,10-19,22H2,3-7H3/t24-,25-. The van der Waals surface area contributed by atoms with E-state index in [4.69, 9.17) is 28.4 Å². The van der Waals surface area contributed by atoms with E-state index < -0.39 is 17.5 Å². The summed E-state index contributed by atoms with van der Waals surface area (Å²) in [5, 5.41) is 0. The first-order valence-corrected chi connectivity index (χ1v) is 15.1. The molecule has 1 saturated heterocycles. The number of likely N-dealkylation sites (tertiary alicyclic amines) is 1. The molecule has 0 spiro atoms. The Kier molecular flexibility index (Phi) is 13.1. The van der Waals surface area contributed by atoms with Crippen molar-refractivity contribution in [1.82, 2.24) is 9.80 Å². The van der Waals surface area contributed by atoms with Crippen LogP contribution in [-0.2, 0) is 18.9 Å². The van der Waals surface area contributed by atoms with Gasteiger partial charge in [0.1, 0.15) is 35.4 Å². The van der Waals surface area contributed by atoms with Crippen LogP contribution in [0.2, 0.25) is 0 Å².